The van der Waals surface area contributed by atoms with Gasteiger partial charge in [0.15, 0.2) is 0 Å². The number of methoxy groups -OCH3 is 1. The first kappa shape index (κ1) is 28.6. The number of unbranched alkanes of at least 4 members (excludes halogenated alkanes) is 1. The Balaban J connectivity index is 1.40. The van der Waals surface area contributed by atoms with Crippen molar-refractivity contribution in [2.75, 3.05) is 66.5 Å². The number of rotatable bonds is 20. The molecule has 0 heterocycles. The molecule has 2 aromatic carbocycles. The van der Waals surface area contributed by atoms with Crippen LogP contribution >= 0.6 is 0 Å². The van der Waals surface area contributed by atoms with E-state index in [1.165, 1.54) is 5.56 Å². The first-order valence-corrected chi connectivity index (χ1v) is 12.2. The maximum absolute atomic E-state index is 11.7. The Hall–Kier alpha value is -2.65. The minimum Gasteiger partial charge on any atom is -0.491 e. The second-order valence-corrected chi connectivity index (χ2v) is 7.77. The maximum Gasteiger partial charge on any atom is 0.407 e. The highest BCUT2D eigenvalue weighted by Gasteiger charge is 2.02. The summed E-state index contributed by atoms with van der Waals surface area (Å²) < 4.78 is 32.0. The van der Waals surface area contributed by atoms with E-state index in [4.69, 9.17) is 28.4 Å². The molecule has 0 unspecified atom stereocenters. The lowest BCUT2D eigenvalue weighted by Crippen LogP contribution is -2.25. The second-order valence-electron chi connectivity index (χ2n) is 7.77. The molecule has 8 heteroatoms. The van der Waals surface area contributed by atoms with Gasteiger partial charge in [-0.05, 0) is 42.5 Å². The quantitative estimate of drug-likeness (QED) is 0.281. The zero-order valence-corrected chi connectivity index (χ0v) is 20.7. The lowest BCUT2D eigenvalue weighted by molar-refractivity contribution is 0.000163. The number of hydrogen-bond acceptors (Lipinski definition) is 7. The molecule has 2 rings (SSSR count). The number of aryl methyl sites for hydroxylation is 1. The molecule has 0 saturated heterocycles. The first-order valence-electron chi connectivity index (χ1n) is 12.2. The van der Waals surface area contributed by atoms with Crippen molar-refractivity contribution in [1.82, 2.24) is 5.32 Å². The van der Waals surface area contributed by atoms with Crippen molar-refractivity contribution in [2.45, 2.75) is 25.9 Å². The molecule has 0 radical (unpaired) electrons. The molecular weight excluding hydrogens is 450 g/mol. The lowest BCUT2D eigenvalue weighted by Gasteiger charge is -2.09. The number of benzene rings is 2. The molecule has 2 aromatic rings. The van der Waals surface area contributed by atoms with Crippen LogP contribution in [0.15, 0.2) is 54.6 Å². The highest BCUT2D eigenvalue weighted by atomic mass is 16.6. The van der Waals surface area contributed by atoms with E-state index in [9.17, 15) is 4.79 Å². The van der Waals surface area contributed by atoms with Crippen molar-refractivity contribution in [3.8, 4) is 5.75 Å². The molecule has 0 aliphatic heterocycles. The summed E-state index contributed by atoms with van der Waals surface area (Å²) in [4.78, 5) is 11.7. The summed E-state index contributed by atoms with van der Waals surface area (Å²) in [7, 11) is 1.65. The van der Waals surface area contributed by atoms with E-state index in [1.54, 1.807) is 7.11 Å². The zero-order chi connectivity index (χ0) is 24.8. The van der Waals surface area contributed by atoms with Crippen LogP contribution in [0.1, 0.15) is 24.0 Å². The van der Waals surface area contributed by atoms with Crippen molar-refractivity contribution in [2.24, 2.45) is 0 Å². The SMILES string of the molecule is COCCOCCOCCOCCOc1ccc(CCCCNC(=O)OCc2ccccc2)cc1. The summed E-state index contributed by atoms with van der Waals surface area (Å²) in [5, 5.41) is 2.79. The Bertz CT molecular complexity index is 771. The van der Waals surface area contributed by atoms with Gasteiger partial charge in [-0.25, -0.2) is 4.79 Å². The molecule has 194 valence electrons. The molecule has 0 bridgehead atoms. The fourth-order valence-corrected chi connectivity index (χ4v) is 3.07. The van der Waals surface area contributed by atoms with Gasteiger partial charge in [0.05, 0.1) is 46.2 Å². The summed E-state index contributed by atoms with van der Waals surface area (Å²) >= 11 is 0. The van der Waals surface area contributed by atoms with E-state index in [1.807, 2.05) is 42.5 Å². The van der Waals surface area contributed by atoms with Gasteiger partial charge in [0.1, 0.15) is 19.0 Å². The Morgan fingerprint density at radius 1 is 0.714 bits per heavy atom. The Labute approximate surface area is 208 Å². The third kappa shape index (κ3) is 15.1. The third-order valence-corrected chi connectivity index (χ3v) is 4.97. The van der Waals surface area contributed by atoms with E-state index < -0.39 is 0 Å². The molecule has 0 aliphatic carbocycles. The predicted molar refractivity (Wildman–Crippen MR) is 134 cm³/mol. The van der Waals surface area contributed by atoms with Crippen molar-refractivity contribution in [3.05, 3.63) is 65.7 Å². The molecule has 0 aromatic heterocycles. The molecule has 0 saturated carbocycles. The van der Waals surface area contributed by atoms with Gasteiger partial charge in [0.25, 0.3) is 0 Å². The summed E-state index contributed by atoms with van der Waals surface area (Å²) in [6, 6.07) is 17.7. The summed E-state index contributed by atoms with van der Waals surface area (Å²) in [6.45, 7) is 5.24. The monoisotopic (exact) mass is 489 g/mol. The van der Waals surface area contributed by atoms with Gasteiger partial charge in [0.2, 0.25) is 0 Å². The van der Waals surface area contributed by atoms with Gasteiger partial charge < -0.3 is 33.7 Å². The minimum atomic E-state index is -0.379. The van der Waals surface area contributed by atoms with Gasteiger partial charge in [0, 0.05) is 13.7 Å². The largest absolute Gasteiger partial charge is 0.491 e. The van der Waals surface area contributed by atoms with E-state index in [0.29, 0.717) is 59.4 Å². The summed E-state index contributed by atoms with van der Waals surface area (Å²) in [5.41, 5.74) is 2.22. The van der Waals surface area contributed by atoms with E-state index in [0.717, 1.165) is 30.6 Å². The average molecular weight is 490 g/mol. The van der Waals surface area contributed by atoms with Crippen LogP contribution in [0.25, 0.3) is 0 Å². The number of alkyl carbamates (subject to hydrolysis) is 1. The van der Waals surface area contributed by atoms with Gasteiger partial charge in [-0.3, -0.25) is 0 Å². The molecule has 0 aliphatic rings. The van der Waals surface area contributed by atoms with Crippen molar-refractivity contribution in [3.63, 3.8) is 0 Å². The molecule has 0 fully saturated rings. The molecule has 35 heavy (non-hydrogen) atoms. The number of carbonyl (C=O) groups excluding carboxylic acids is 1. The number of nitrogens with one attached hydrogen (secondary N) is 1. The lowest BCUT2D eigenvalue weighted by atomic mass is 10.1. The van der Waals surface area contributed by atoms with Gasteiger partial charge >= 0.3 is 6.09 Å². The molecule has 0 spiro atoms. The predicted octanol–water partition coefficient (Wildman–Crippen LogP) is 4.01. The first-order chi connectivity index (χ1) is 17.3. The smallest absolute Gasteiger partial charge is 0.407 e. The van der Waals surface area contributed by atoms with Crippen molar-refractivity contribution >= 4 is 6.09 Å². The highest BCUT2D eigenvalue weighted by Crippen LogP contribution is 2.14. The molecular formula is C27H39NO7. The normalized spacial score (nSPS) is 10.8. The van der Waals surface area contributed by atoms with Crippen LogP contribution in [0.4, 0.5) is 4.79 Å². The van der Waals surface area contributed by atoms with Crippen LogP contribution in [-0.2, 0) is 36.7 Å². The zero-order valence-electron chi connectivity index (χ0n) is 20.7. The van der Waals surface area contributed by atoms with E-state index >= 15 is 0 Å². The second kappa shape index (κ2) is 19.6. The van der Waals surface area contributed by atoms with Crippen LogP contribution < -0.4 is 10.1 Å². The number of ether oxygens (including phenoxy) is 6. The summed E-state index contributed by atoms with van der Waals surface area (Å²) in [6.07, 6.45) is 2.44. The van der Waals surface area contributed by atoms with Crippen molar-refractivity contribution in [1.29, 1.82) is 0 Å². The topological polar surface area (TPSA) is 84.5 Å². The Morgan fingerprint density at radius 3 is 2.00 bits per heavy atom. The van der Waals surface area contributed by atoms with Gasteiger partial charge in [-0.2, -0.15) is 0 Å². The average Bonchev–Trinajstić information content (AvgIpc) is 2.89. The van der Waals surface area contributed by atoms with Gasteiger partial charge in [-0.15, -0.1) is 0 Å². The molecule has 8 nitrogen and oxygen atoms in total. The molecule has 1 N–H and O–H groups in total. The summed E-state index contributed by atoms with van der Waals surface area (Å²) in [5.74, 6) is 0.824. The fourth-order valence-electron chi connectivity index (χ4n) is 3.07. The van der Waals surface area contributed by atoms with Crippen LogP contribution in [0.2, 0.25) is 0 Å². The van der Waals surface area contributed by atoms with E-state index in [2.05, 4.69) is 17.4 Å². The number of amides is 1. The third-order valence-electron chi connectivity index (χ3n) is 4.97. The van der Waals surface area contributed by atoms with E-state index in [-0.39, 0.29) is 12.7 Å². The molecule has 0 atom stereocenters. The van der Waals surface area contributed by atoms with Crippen LogP contribution in [-0.4, -0.2) is 72.6 Å². The minimum absolute atomic E-state index is 0.285. The van der Waals surface area contributed by atoms with Gasteiger partial charge in [-0.1, -0.05) is 42.5 Å². The Kier molecular flexibility index (Phi) is 16.0. The van der Waals surface area contributed by atoms with Crippen LogP contribution in [0.3, 0.4) is 0 Å². The van der Waals surface area contributed by atoms with Crippen molar-refractivity contribution < 1.29 is 33.2 Å². The maximum atomic E-state index is 11.7. The van der Waals surface area contributed by atoms with Crippen LogP contribution in [0.5, 0.6) is 5.75 Å². The molecule has 1 amide bonds. The number of carbonyl (C=O) groups is 1. The standard InChI is InChI=1S/C27H39NO7/c1-30-15-16-31-17-18-32-19-20-33-21-22-34-26-12-10-24(11-13-26)7-5-6-14-28-27(29)35-23-25-8-3-2-4-9-25/h2-4,8-13H,5-7,14-23H2,1H3,(H,28,29). The fraction of sp³-hybridized carbons (Fsp3) is 0.519. The van der Waals surface area contributed by atoms with Crippen LogP contribution in [0, 0.1) is 0 Å². The number of hydrogen-bond donors (Lipinski definition) is 1. The Morgan fingerprint density at radius 2 is 1.34 bits per heavy atom. The highest BCUT2D eigenvalue weighted by molar-refractivity contribution is 5.67.